The average molecular weight is 357 g/mol. The fourth-order valence-corrected chi connectivity index (χ4v) is 2.92. The van der Waals surface area contributed by atoms with Crippen molar-refractivity contribution in [2.45, 2.75) is 12.8 Å². The quantitative estimate of drug-likeness (QED) is 0.698. The normalized spacial score (nSPS) is 23.2. The minimum Gasteiger partial charge on any atom is -0.379 e. The van der Waals surface area contributed by atoms with Crippen molar-refractivity contribution in [3.05, 3.63) is 0 Å². The molecule has 6 nitrogen and oxygen atoms in total. The second-order valence-electron chi connectivity index (χ2n) is 5.67. The molecule has 2 rings (SSSR count). The predicted molar refractivity (Wildman–Crippen MR) is 93.0 cm³/mol. The number of nitrogens with one attached hydrogen (secondary N) is 1. The van der Waals surface area contributed by atoms with Crippen LogP contribution < -0.4 is 11.1 Å². The average Bonchev–Trinajstić information content (AvgIpc) is 2.52. The van der Waals surface area contributed by atoms with Gasteiger partial charge in [0.1, 0.15) is 0 Å². The first-order valence-electron chi connectivity index (χ1n) is 7.80. The Kier molecular flexibility index (Phi) is 12.3. The van der Waals surface area contributed by atoms with E-state index in [1.54, 1.807) is 0 Å². The van der Waals surface area contributed by atoms with Crippen LogP contribution in [0, 0.1) is 5.92 Å². The monoisotopic (exact) mass is 356 g/mol. The molecule has 3 N–H and O–H groups in total. The van der Waals surface area contributed by atoms with Crippen LogP contribution in [0.4, 0.5) is 0 Å². The summed E-state index contributed by atoms with van der Waals surface area (Å²) in [5.74, 6) is 0.312. The fourth-order valence-electron chi connectivity index (χ4n) is 2.92. The van der Waals surface area contributed by atoms with E-state index in [0.717, 1.165) is 65.3 Å². The van der Waals surface area contributed by atoms with E-state index in [2.05, 4.69) is 15.1 Å². The molecule has 2 saturated heterocycles. The van der Waals surface area contributed by atoms with Crippen molar-refractivity contribution in [2.24, 2.45) is 11.7 Å². The van der Waals surface area contributed by atoms with E-state index in [-0.39, 0.29) is 36.6 Å². The Balaban J connectivity index is 0.00000220. The first kappa shape index (κ1) is 21.9. The molecule has 0 radical (unpaired) electrons. The highest BCUT2D eigenvalue weighted by molar-refractivity contribution is 5.85. The molecular formula is C14H30Cl2N4O2. The third-order valence-corrected chi connectivity index (χ3v) is 4.16. The largest absolute Gasteiger partial charge is 0.379 e. The maximum Gasteiger partial charge on any atom is 0.224 e. The molecule has 1 atom stereocenters. The fraction of sp³-hybridized carbons (Fsp3) is 0.929. The zero-order valence-corrected chi connectivity index (χ0v) is 14.8. The maximum absolute atomic E-state index is 12.0. The van der Waals surface area contributed by atoms with Gasteiger partial charge in [0.15, 0.2) is 0 Å². The third-order valence-electron chi connectivity index (χ3n) is 4.16. The van der Waals surface area contributed by atoms with Crippen LogP contribution in [0.25, 0.3) is 0 Å². The summed E-state index contributed by atoms with van der Waals surface area (Å²) in [5.41, 5.74) is 5.42. The first-order valence-corrected chi connectivity index (χ1v) is 7.80. The van der Waals surface area contributed by atoms with Crippen LogP contribution in [0.15, 0.2) is 0 Å². The van der Waals surface area contributed by atoms with Crippen LogP contribution in [0.1, 0.15) is 12.8 Å². The molecule has 2 aliphatic rings. The van der Waals surface area contributed by atoms with Crippen molar-refractivity contribution in [3.8, 4) is 0 Å². The van der Waals surface area contributed by atoms with Gasteiger partial charge in [-0.15, -0.1) is 24.8 Å². The Labute approximate surface area is 145 Å². The van der Waals surface area contributed by atoms with Crippen LogP contribution in [-0.4, -0.2) is 81.3 Å². The number of piperidine rings is 1. The van der Waals surface area contributed by atoms with Crippen molar-refractivity contribution in [2.75, 3.05) is 65.6 Å². The number of nitrogens with zero attached hydrogens (tertiary/aromatic N) is 2. The predicted octanol–water partition coefficient (Wildman–Crippen LogP) is -0.0509. The van der Waals surface area contributed by atoms with Crippen LogP contribution in [0.2, 0.25) is 0 Å². The molecule has 2 heterocycles. The molecule has 0 aromatic heterocycles. The molecule has 1 amide bonds. The number of rotatable bonds is 6. The second-order valence-corrected chi connectivity index (χ2v) is 5.67. The van der Waals surface area contributed by atoms with E-state index < -0.39 is 0 Å². The van der Waals surface area contributed by atoms with Gasteiger partial charge in [-0.2, -0.15) is 0 Å². The van der Waals surface area contributed by atoms with Crippen molar-refractivity contribution < 1.29 is 9.53 Å². The van der Waals surface area contributed by atoms with Crippen molar-refractivity contribution in [3.63, 3.8) is 0 Å². The maximum atomic E-state index is 12.0. The molecule has 132 valence electrons. The number of hydrogen-bond acceptors (Lipinski definition) is 5. The zero-order chi connectivity index (χ0) is 14.2. The van der Waals surface area contributed by atoms with Crippen LogP contribution in [0.3, 0.4) is 0 Å². The first-order chi connectivity index (χ1) is 9.79. The molecule has 8 heteroatoms. The van der Waals surface area contributed by atoms with Gasteiger partial charge in [0, 0.05) is 45.8 Å². The summed E-state index contributed by atoms with van der Waals surface area (Å²) in [6, 6.07) is 0. The molecule has 0 saturated carbocycles. The molecule has 0 bridgehead atoms. The van der Waals surface area contributed by atoms with Gasteiger partial charge in [-0.25, -0.2) is 0 Å². The summed E-state index contributed by atoms with van der Waals surface area (Å²) in [7, 11) is 0. The number of halogens is 2. The van der Waals surface area contributed by atoms with Gasteiger partial charge in [0.2, 0.25) is 5.91 Å². The van der Waals surface area contributed by atoms with E-state index in [1.807, 2.05) is 0 Å². The van der Waals surface area contributed by atoms with Gasteiger partial charge in [-0.05, 0) is 19.4 Å². The lowest BCUT2D eigenvalue weighted by molar-refractivity contribution is -0.126. The lowest BCUT2D eigenvalue weighted by Crippen LogP contribution is -2.47. The number of carbonyl (C=O) groups excluding carboxylic acids is 1. The number of morpholine rings is 1. The van der Waals surface area contributed by atoms with Crippen LogP contribution in [0.5, 0.6) is 0 Å². The van der Waals surface area contributed by atoms with Gasteiger partial charge in [-0.3, -0.25) is 9.69 Å². The highest BCUT2D eigenvalue weighted by Crippen LogP contribution is 2.16. The van der Waals surface area contributed by atoms with Gasteiger partial charge < -0.3 is 20.7 Å². The Hall–Kier alpha value is -0.110. The molecule has 0 aromatic carbocycles. The van der Waals surface area contributed by atoms with Gasteiger partial charge >= 0.3 is 0 Å². The van der Waals surface area contributed by atoms with E-state index in [0.29, 0.717) is 13.1 Å². The number of ether oxygens (including phenoxy) is 1. The van der Waals surface area contributed by atoms with Gasteiger partial charge in [0.05, 0.1) is 19.1 Å². The number of carbonyl (C=O) groups is 1. The Bertz CT molecular complexity index is 305. The Morgan fingerprint density at radius 1 is 1.14 bits per heavy atom. The standard InChI is InChI=1S/C14H28N4O2.2ClH/c15-3-4-16-14(19)13-2-1-5-18(12-13)7-6-17-8-10-20-11-9-17;;/h13H,1-12,15H2,(H,16,19);2*1H. The molecule has 0 aliphatic carbocycles. The number of amides is 1. The zero-order valence-electron chi connectivity index (χ0n) is 13.2. The Morgan fingerprint density at radius 3 is 2.50 bits per heavy atom. The molecule has 1 unspecified atom stereocenters. The molecule has 0 aromatic rings. The summed E-state index contributed by atoms with van der Waals surface area (Å²) in [6.45, 7) is 9.02. The van der Waals surface area contributed by atoms with E-state index in [1.165, 1.54) is 0 Å². The highest BCUT2D eigenvalue weighted by Gasteiger charge is 2.25. The smallest absolute Gasteiger partial charge is 0.224 e. The summed E-state index contributed by atoms with van der Waals surface area (Å²) < 4.78 is 5.36. The summed E-state index contributed by atoms with van der Waals surface area (Å²) >= 11 is 0. The van der Waals surface area contributed by atoms with Gasteiger partial charge in [0.25, 0.3) is 0 Å². The summed E-state index contributed by atoms with van der Waals surface area (Å²) in [4.78, 5) is 16.9. The van der Waals surface area contributed by atoms with Crippen molar-refractivity contribution in [1.29, 1.82) is 0 Å². The molecule has 2 fully saturated rings. The number of hydrogen-bond donors (Lipinski definition) is 2. The Morgan fingerprint density at radius 2 is 1.82 bits per heavy atom. The van der Waals surface area contributed by atoms with Crippen LogP contribution in [-0.2, 0) is 9.53 Å². The molecular weight excluding hydrogens is 327 g/mol. The van der Waals surface area contributed by atoms with E-state index in [9.17, 15) is 4.79 Å². The van der Waals surface area contributed by atoms with Crippen LogP contribution >= 0.6 is 24.8 Å². The lowest BCUT2D eigenvalue weighted by Gasteiger charge is -2.34. The molecule has 2 aliphatic heterocycles. The molecule has 22 heavy (non-hydrogen) atoms. The van der Waals surface area contributed by atoms with E-state index >= 15 is 0 Å². The molecule has 0 spiro atoms. The summed E-state index contributed by atoms with van der Waals surface area (Å²) in [5, 5.41) is 2.91. The topological polar surface area (TPSA) is 70.8 Å². The second kappa shape index (κ2) is 12.3. The summed E-state index contributed by atoms with van der Waals surface area (Å²) in [6.07, 6.45) is 2.12. The van der Waals surface area contributed by atoms with E-state index in [4.69, 9.17) is 10.5 Å². The van der Waals surface area contributed by atoms with Gasteiger partial charge in [-0.1, -0.05) is 0 Å². The van der Waals surface area contributed by atoms with Crippen molar-refractivity contribution in [1.82, 2.24) is 15.1 Å². The minimum absolute atomic E-state index is 0. The number of nitrogens with two attached hydrogens (primary N) is 1. The minimum atomic E-state index is 0. The highest BCUT2D eigenvalue weighted by atomic mass is 35.5. The van der Waals surface area contributed by atoms with Crippen molar-refractivity contribution >= 4 is 30.7 Å². The number of likely N-dealkylation sites (tertiary alicyclic amines) is 1. The SMILES string of the molecule is Cl.Cl.NCCNC(=O)C1CCCN(CCN2CCOCC2)C1. The third kappa shape index (κ3) is 7.44. The lowest BCUT2D eigenvalue weighted by atomic mass is 9.97.